The van der Waals surface area contributed by atoms with Gasteiger partial charge in [-0.1, -0.05) is 64.3 Å². The quantitative estimate of drug-likeness (QED) is 0.228. The number of hydrogen-bond donors (Lipinski definition) is 2. The smallest absolute Gasteiger partial charge is 0.137 e. The van der Waals surface area contributed by atoms with Gasteiger partial charge in [-0.05, 0) is 31.9 Å². The van der Waals surface area contributed by atoms with Crippen LogP contribution in [0, 0.1) is 5.92 Å². The van der Waals surface area contributed by atoms with E-state index in [1.54, 1.807) is 32.2 Å². The molecule has 2 rings (SSSR count). The van der Waals surface area contributed by atoms with Crippen molar-refractivity contribution in [2.75, 3.05) is 14.2 Å². The van der Waals surface area contributed by atoms with Gasteiger partial charge in [-0.25, -0.2) is 0 Å². The Morgan fingerprint density at radius 1 is 1.17 bits per heavy atom. The molecule has 1 saturated carbocycles. The first-order valence-corrected chi connectivity index (χ1v) is 11.0. The van der Waals surface area contributed by atoms with Gasteiger partial charge in [0.05, 0.1) is 29.8 Å². The summed E-state index contributed by atoms with van der Waals surface area (Å²) in [7, 11) is 3.44. The maximum absolute atomic E-state index is 5.88. The molecule has 1 fully saturated rings. The number of ether oxygens (including phenoxy) is 2. The molecule has 0 saturated heterocycles. The average Bonchev–Trinajstić information content (AvgIpc) is 2.96. The standard InChI is InChI=1S/C14H27N3.C10H11ClO2/c1-11(2)14(16-12(3)15-4)17-13-9-7-5-6-8-10-13;1-7(2)13-8-4-5-10(12-3)9(11)6-8/h11,13,15H,3,5-10H2,1-2,4H3,(H,16,17);4-6H,1H2,2-3H3. The zero-order chi connectivity index (χ0) is 22.5. The van der Waals surface area contributed by atoms with Crippen molar-refractivity contribution in [2.24, 2.45) is 10.9 Å². The fourth-order valence-electron chi connectivity index (χ4n) is 3.04. The first-order valence-electron chi connectivity index (χ1n) is 10.6. The van der Waals surface area contributed by atoms with E-state index in [-0.39, 0.29) is 0 Å². The summed E-state index contributed by atoms with van der Waals surface area (Å²) >= 11 is 5.88. The lowest BCUT2D eigenvalue weighted by Crippen LogP contribution is -2.33. The van der Waals surface area contributed by atoms with Crippen LogP contribution >= 0.6 is 11.6 Å². The molecule has 2 N–H and O–H groups in total. The number of aliphatic imine (C=N–C) groups is 1. The number of benzene rings is 1. The number of hydrogen-bond acceptors (Lipinski definition) is 4. The maximum Gasteiger partial charge on any atom is 0.137 e. The fourth-order valence-corrected chi connectivity index (χ4v) is 3.29. The molecule has 1 aromatic rings. The van der Waals surface area contributed by atoms with Gasteiger partial charge >= 0.3 is 0 Å². The first kappa shape index (κ1) is 25.9. The third-order valence-electron chi connectivity index (χ3n) is 4.69. The SMILES string of the molecule is C=C(C)Oc1ccc(OC)c(Cl)c1.C=C(NC)NC(=NC1CCCCCC1)C(C)C. The Hall–Kier alpha value is -2.14. The maximum atomic E-state index is 5.88. The van der Waals surface area contributed by atoms with Gasteiger partial charge in [-0.3, -0.25) is 4.99 Å². The second kappa shape index (κ2) is 14.0. The zero-order valence-electron chi connectivity index (χ0n) is 19.2. The molecule has 0 radical (unpaired) electrons. The molecule has 1 aromatic carbocycles. The lowest BCUT2D eigenvalue weighted by molar-refractivity contribution is 0.409. The normalized spacial score (nSPS) is 14.8. The van der Waals surface area contributed by atoms with Gasteiger partial charge in [0.1, 0.15) is 17.3 Å². The van der Waals surface area contributed by atoms with Crippen LogP contribution in [-0.2, 0) is 0 Å². The highest BCUT2D eigenvalue weighted by Gasteiger charge is 2.14. The molecule has 0 unspecified atom stereocenters. The predicted octanol–water partition coefficient (Wildman–Crippen LogP) is 6.30. The number of nitrogens with zero attached hydrogens (tertiary/aromatic N) is 1. The van der Waals surface area contributed by atoms with E-state index in [4.69, 9.17) is 26.1 Å². The summed E-state index contributed by atoms with van der Waals surface area (Å²) in [6.45, 7) is 13.7. The van der Waals surface area contributed by atoms with Crippen molar-refractivity contribution in [1.82, 2.24) is 10.6 Å². The minimum Gasteiger partial charge on any atom is -0.495 e. The van der Waals surface area contributed by atoms with Crippen LogP contribution in [0.2, 0.25) is 5.02 Å². The molecule has 5 nitrogen and oxygen atoms in total. The Labute approximate surface area is 187 Å². The van der Waals surface area contributed by atoms with Crippen LogP contribution in [0.5, 0.6) is 11.5 Å². The number of amidine groups is 1. The lowest BCUT2D eigenvalue weighted by Gasteiger charge is -2.18. The van der Waals surface area contributed by atoms with Crippen LogP contribution in [0.25, 0.3) is 0 Å². The van der Waals surface area contributed by atoms with E-state index >= 15 is 0 Å². The number of methoxy groups -OCH3 is 1. The van der Waals surface area contributed by atoms with Crippen LogP contribution < -0.4 is 20.1 Å². The Bertz CT molecular complexity index is 708. The van der Waals surface area contributed by atoms with E-state index in [0.29, 0.717) is 34.2 Å². The van der Waals surface area contributed by atoms with Gasteiger partial charge in [0, 0.05) is 19.0 Å². The topological polar surface area (TPSA) is 54.9 Å². The van der Waals surface area contributed by atoms with E-state index in [1.807, 2.05) is 7.05 Å². The summed E-state index contributed by atoms with van der Waals surface area (Å²) in [4.78, 5) is 4.89. The summed E-state index contributed by atoms with van der Waals surface area (Å²) in [5.74, 6) is 4.24. The highest BCUT2D eigenvalue weighted by molar-refractivity contribution is 6.32. The minimum absolute atomic E-state index is 0.420. The molecule has 0 spiro atoms. The number of rotatable bonds is 7. The van der Waals surface area contributed by atoms with Crippen LogP contribution in [-0.4, -0.2) is 26.0 Å². The molecule has 168 valence electrons. The molecule has 0 atom stereocenters. The summed E-state index contributed by atoms with van der Waals surface area (Å²) < 4.78 is 10.3. The Morgan fingerprint density at radius 3 is 2.27 bits per heavy atom. The number of nitrogens with one attached hydrogen (secondary N) is 2. The second-order valence-electron chi connectivity index (χ2n) is 7.77. The summed E-state index contributed by atoms with van der Waals surface area (Å²) in [6, 6.07) is 5.72. The van der Waals surface area contributed by atoms with Crippen LogP contribution in [0.15, 0.2) is 47.9 Å². The highest BCUT2D eigenvalue weighted by Crippen LogP contribution is 2.29. The average molecular weight is 436 g/mol. The second-order valence-corrected chi connectivity index (χ2v) is 8.18. The summed E-state index contributed by atoms with van der Waals surface area (Å²) in [5.41, 5.74) is 0. The van der Waals surface area contributed by atoms with Crippen LogP contribution in [0.1, 0.15) is 59.3 Å². The summed E-state index contributed by atoms with van der Waals surface area (Å²) in [6.07, 6.45) is 7.88. The monoisotopic (exact) mass is 435 g/mol. The molecular formula is C24H38ClN3O2. The Balaban J connectivity index is 0.000000311. The molecule has 0 bridgehead atoms. The zero-order valence-corrected chi connectivity index (χ0v) is 19.9. The van der Waals surface area contributed by atoms with Crippen molar-refractivity contribution in [3.8, 4) is 11.5 Å². The Kier molecular flexibility index (Phi) is 12.1. The number of halogens is 1. The van der Waals surface area contributed by atoms with Crippen LogP contribution in [0.4, 0.5) is 0 Å². The van der Waals surface area contributed by atoms with Crippen molar-refractivity contribution >= 4 is 17.4 Å². The molecule has 0 aromatic heterocycles. The van der Waals surface area contributed by atoms with Crippen molar-refractivity contribution in [2.45, 2.75) is 65.3 Å². The van der Waals surface area contributed by atoms with Gasteiger partial charge in [-0.2, -0.15) is 0 Å². The first-order chi connectivity index (χ1) is 14.3. The number of allylic oxidation sites excluding steroid dienone is 1. The predicted molar refractivity (Wildman–Crippen MR) is 129 cm³/mol. The Morgan fingerprint density at radius 2 is 1.80 bits per heavy atom. The van der Waals surface area contributed by atoms with Gasteiger partial charge in [-0.15, -0.1) is 0 Å². The molecule has 0 heterocycles. The van der Waals surface area contributed by atoms with Gasteiger partial charge in [0.25, 0.3) is 0 Å². The third-order valence-corrected chi connectivity index (χ3v) is 4.98. The molecule has 0 amide bonds. The largest absolute Gasteiger partial charge is 0.495 e. The van der Waals surface area contributed by atoms with E-state index in [2.05, 4.69) is 37.6 Å². The molecule has 6 heteroatoms. The molecular weight excluding hydrogens is 398 g/mol. The minimum atomic E-state index is 0.420. The van der Waals surface area contributed by atoms with E-state index < -0.39 is 0 Å². The lowest BCUT2D eigenvalue weighted by atomic mass is 10.1. The molecule has 0 aliphatic heterocycles. The summed E-state index contributed by atoms with van der Waals surface area (Å²) in [5, 5.41) is 6.82. The molecule has 1 aliphatic carbocycles. The van der Waals surface area contributed by atoms with Crippen molar-refractivity contribution < 1.29 is 9.47 Å². The van der Waals surface area contributed by atoms with E-state index in [0.717, 1.165) is 11.7 Å². The third kappa shape index (κ3) is 10.1. The highest BCUT2D eigenvalue weighted by atomic mass is 35.5. The van der Waals surface area contributed by atoms with E-state index in [1.165, 1.54) is 38.5 Å². The fraction of sp³-hybridized carbons (Fsp3) is 0.542. The van der Waals surface area contributed by atoms with E-state index in [9.17, 15) is 0 Å². The molecule has 30 heavy (non-hydrogen) atoms. The van der Waals surface area contributed by atoms with Crippen molar-refractivity contribution in [3.63, 3.8) is 0 Å². The van der Waals surface area contributed by atoms with Gasteiger partial charge in [0.15, 0.2) is 0 Å². The van der Waals surface area contributed by atoms with Crippen molar-refractivity contribution in [3.05, 3.63) is 48.0 Å². The molecule has 1 aliphatic rings. The van der Waals surface area contributed by atoms with Gasteiger partial charge in [0.2, 0.25) is 0 Å². The van der Waals surface area contributed by atoms with Gasteiger partial charge < -0.3 is 20.1 Å². The van der Waals surface area contributed by atoms with Crippen LogP contribution in [0.3, 0.4) is 0 Å². The van der Waals surface area contributed by atoms with Crippen molar-refractivity contribution in [1.29, 1.82) is 0 Å².